The molecular formula is C11H8F2O4. The van der Waals surface area contributed by atoms with Crippen LogP contribution in [0.5, 0.6) is 5.75 Å². The molecule has 0 saturated heterocycles. The number of ketones is 1. The molecule has 0 spiro atoms. The van der Waals surface area contributed by atoms with Gasteiger partial charge in [-0.2, -0.15) is 8.78 Å². The lowest BCUT2D eigenvalue weighted by Crippen LogP contribution is -2.34. The van der Waals surface area contributed by atoms with Crippen molar-refractivity contribution in [3.05, 3.63) is 29.3 Å². The van der Waals surface area contributed by atoms with E-state index in [0.717, 1.165) is 0 Å². The molecule has 1 N–H and O–H groups in total. The Morgan fingerprint density at radius 3 is 2.71 bits per heavy atom. The number of aliphatic carboxylic acids is 1. The minimum Gasteiger partial charge on any atom is -0.474 e. The summed E-state index contributed by atoms with van der Waals surface area (Å²) in [7, 11) is 0. The van der Waals surface area contributed by atoms with Gasteiger partial charge in [0.2, 0.25) is 0 Å². The molecule has 6 heteroatoms. The van der Waals surface area contributed by atoms with E-state index >= 15 is 0 Å². The fourth-order valence-corrected chi connectivity index (χ4v) is 1.69. The van der Waals surface area contributed by atoms with Gasteiger partial charge in [0.25, 0.3) is 0 Å². The first-order valence-electron chi connectivity index (χ1n) is 4.86. The zero-order valence-electron chi connectivity index (χ0n) is 8.57. The number of aryl methyl sites for hydroxylation is 1. The van der Waals surface area contributed by atoms with Gasteiger partial charge in [0.05, 0.1) is 0 Å². The van der Waals surface area contributed by atoms with Crippen molar-refractivity contribution in [2.45, 2.75) is 19.0 Å². The van der Waals surface area contributed by atoms with Crippen LogP contribution in [-0.2, 0) is 11.2 Å². The number of Topliss-reactive ketones (excluding diaryl/α,β-unsaturated/α-hetero) is 1. The summed E-state index contributed by atoms with van der Waals surface area (Å²) >= 11 is 0. The predicted molar refractivity (Wildman–Crippen MR) is 52.3 cm³/mol. The Kier molecular flexibility index (Phi) is 2.57. The monoisotopic (exact) mass is 242 g/mol. The van der Waals surface area contributed by atoms with Crippen molar-refractivity contribution in [1.82, 2.24) is 0 Å². The topological polar surface area (TPSA) is 63.6 Å². The zero-order valence-corrected chi connectivity index (χ0v) is 8.57. The van der Waals surface area contributed by atoms with Gasteiger partial charge in [-0.1, -0.05) is 0 Å². The Balaban J connectivity index is 2.25. The van der Waals surface area contributed by atoms with E-state index in [0.29, 0.717) is 24.0 Å². The molecule has 0 saturated carbocycles. The second-order valence-corrected chi connectivity index (χ2v) is 3.67. The number of benzene rings is 1. The standard InChI is InChI=1S/C11H8F2O4/c12-11(13,10(15)16)17-7-2-3-8-6(5-7)1-4-9(8)14/h2-3,5H,1,4H2,(H,15,16). The van der Waals surface area contributed by atoms with Gasteiger partial charge in [-0.3, -0.25) is 4.79 Å². The highest BCUT2D eigenvalue weighted by molar-refractivity contribution is 6.00. The fraction of sp³-hybridized carbons (Fsp3) is 0.273. The maximum atomic E-state index is 12.8. The predicted octanol–water partition coefficient (Wildman–Crippen LogP) is 1.87. The number of fused-ring (bicyclic) bond motifs is 1. The number of carbonyl (C=O) groups is 2. The number of hydrogen-bond acceptors (Lipinski definition) is 3. The lowest BCUT2D eigenvalue weighted by atomic mass is 10.1. The summed E-state index contributed by atoms with van der Waals surface area (Å²) < 4.78 is 29.6. The van der Waals surface area contributed by atoms with Crippen molar-refractivity contribution < 1.29 is 28.2 Å². The van der Waals surface area contributed by atoms with Crippen molar-refractivity contribution >= 4 is 11.8 Å². The lowest BCUT2D eigenvalue weighted by molar-refractivity contribution is -0.210. The Morgan fingerprint density at radius 2 is 2.06 bits per heavy atom. The summed E-state index contributed by atoms with van der Waals surface area (Å²) in [6.45, 7) is 0. The van der Waals surface area contributed by atoms with Crippen LogP contribution in [0.4, 0.5) is 8.78 Å². The molecule has 0 aliphatic heterocycles. The van der Waals surface area contributed by atoms with Crippen molar-refractivity contribution in [3.63, 3.8) is 0 Å². The van der Waals surface area contributed by atoms with E-state index in [-0.39, 0.29) is 11.5 Å². The number of alkyl halides is 2. The largest absolute Gasteiger partial charge is 0.501 e. The summed E-state index contributed by atoms with van der Waals surface area (Å²) in [5, 5.41) is 8.21. The quantitative estimate of drug-likeness (QED) is 0.878. The molecule has 90 valence electrons. The number of halogens is 2. The van der Waals surface area contributed by atoms with E-state index in [1.807, 2.05) is 0 Å². The van der Waals surface area contributed by atoms with E-state index in [2.05, 4.69) is 4.74 Å². The molecule has 0 bridgehead atoms. The normalized spacial score (nSPS) is 14.6. The average Bonchev–Trinajstić information content (AvgIpc) is 2.59. The molecule has 0 fully saturated rings. The average molecular weight is 242 g/mol. The highest BCUT2D eigenvalue weighted by atomic mass is 19.3. The molecule has 0 amide bonds. The van der Waals surface area contributed by atoms with Gasteiger partial charge in [-0.05, 0) is 30.2 Å². The van der Waals surface area contributed by atoms with Gasteiger partial charge >= 0.3 is 12.1 Å². The smallest absolute Gasteiger partial charge is 0.474 e. The van der Waals surface area contributed by atoms with Gasteiger partial charge in [0.15, 0.2) is 5.78 Å². The minimum absolute atomic E-state index is 0.0449. The maximum absolute atomic E-state index is 12.8. The molecule has 0 aromatic heterocycles. The Morgan fingerprint density at radius 1 is 1.35 bits per heavy atom. The second kappa shape index (κ2) is 3.80. The van der Waals surface area contributed by atoms with Gasteiger partial charge in [-0.25, -0.2) is 4.79 Å². The SMILES string of the molecule is O=C1CCc2cc(OC(F)(F)C(=O)O)ccc21. The molecule has 2 rings (SSSR count). The number of hydrogen-bond donors (Lipinski definition) is 1. The second-order valence-electron chi connectivity index (χ2n) is 3.67. The number of carbonyl (C=O) groups excluding carboxylic acids is 1. The Bertz CT molecular complexity index is 496. The highest BCUT2D eigenvalue weighted by Crippen LogP contribution is 2.29. The van der Waals surface area contributed by atoms with Crippen molar-refractivity contribution in [3.8, 4) is 5.75 Å². The Labute approximate surface area is 94.8 Å². The summed E-state index contributed by atoms with van der Waals surface area (Å²) in [4.78, 5) is 21.5. The van der Waals surface area contributed by atoms with Crippen LogP contribution in [0.1, 0.15) is 22.3 Å². The van der Waals surface area contributed by atoms with Crippen LogP contribution in [0, 0.1) is 0 Å². The first-order valence-corrected chi connectivity index (χ1v) is 4.86. The molecule has 4 nitrogen and oxygen atoms in total. The first kappa shape index (κ1) is 11.5. The van der Waals surface area contributed by atoms with Crippen molar-refractivity contribution in [1.29, 1.82) is 0 Å². The third-order valence-electron chi connectivity index (χ3n) is 2.49. The van der Waals surface area contributed by atoms with E-state index in [4.69, 9.17) is 5.11 Å². The van der Waals surface area contributed by atoms with Crippen molar-refractivity contribution in [2.75, 3.05) is 0 Å². The number of carboxylic acid groups (broad SMARTS) is 1. The zero-order chi connectivity index (χ0) is 12.6. The maximum Gasteiger partial charge on any atom is 0.501 e. The van der Waals surface area contributed by atoms with Crippen LogP contribution in [0.3, 0.4) is 0 Å². The van der Waals surface area contributed by atoms with Crippen molar-refractivity contribution in [2.24, 2.45) is 0 Å². The fourth-order valence-electron chi connectivity index (χ4n) is 1.69. The van der Waals surface area contributed by atoms with Gasteiger partial charge < -0.3 is 9.84 Å². The van der Waals surface area contributed by atoms with E-state index < -0.39 is 12.1 Å². The highest BCUT2D eigenvalue weighted by Gasteiger charge is 2.42. The first-order chi connectivity index (χ1) is 7.90. The molecule has 0 heterocycles. The molecule has 0 radical (unpaired) electrons. The van der Waals surface area contributed by atoms with Gasteiger partial charge in [-0.15, -0.1) is 0 Å². The molecule has 17 heavy (non-hydrogen) atoms. The molecule has 0 unspecified atom stereocenters. The third kappa shape index (κ3) is 2.11. The minimum atomic E-state index is -4.27. The molecule has 1 aromatic carbocycles. The molecular weight excluding hydrogens is 234 g/mol. The third-order valence-corrected chi connectivity index (χ3v) is 2.49. The van der Waals surface area contributed by atoms with Crippen LogP contribution in [-0.4, -0.2) is 23.0 Å². The summed E-state index contributed by atoms with van der Waals surface area (Å²) in [6.07, 6.45) is -3.46. The summed E-state index contributed by atoms with van der Waals surface area (Å²) in [5.41, 5.74) is 1.09. The lowest BCUT2D eigenvalue weighted by Gasteiger charge is -2.13. The van der Waals surface area contributed by atoms with Crippen LogP contribution >= 0.6 is 0 Å². The molecule has 0 atom stereocenters. The number of rotatable bonds is 3. The van der Waals surface area contributed by atoms with Crippen LogP contribution in [0.15, 0.2) is 18.2 Å². The number of carboxylic acids is 1. The van der Waals surface area contributed by atoms with Gasteiger partial charge in [0, 0.05) is 12.0 Å². The van der Waals surface area contributed by atoms with E-state index in [9.17, 15) is 18.4 Å². The van der Waals surface area contributed by atoms with E-state index in [1.165, 1.54) is 18.2 Å². The summed E-state index contributed by atoms with van der Waals surface area (Å²) in [6, 6.07) is 3.81. The molecule has 1 aliphatic rings. The number of ether oxygens (including phenoxy) is 1. The van der Waals surface area contributed by atoms with Gasteiger partial charge in [0.1, 0.15) is 5.75 Å². The van der Waals surface area contributed by atoms with Crippen LogP contribution < -0.4 is 4.74 Å². The van der Waals surface area contributed by atoms with Crippen LogP contribution in [0.2, 0.25) is 0 Å². The summed E-state index contributed by atoms with van der Waals surface area (Å²) in [5.74, 6) is -2.66. The molecule has 1 aliphatic carbocycles. The van der Waals surface area contributed by atoms with E-state index in [1.54, 1.807) is 0 Å². The van der Waals surface area contributed by atoms with Crippen LogP contribution in [0.25, 0.3) is 0 Å². The molecule has 1 aromatic rings. The Hall–Kier alpha value is -1.98.